The van der Waals surface area contributed by atoms with Gasteiger partial charge in [-0.1, -0.05) is 84.9 Å². The van der Waals surface area contributed by atoms with E-state index in [-0.39, 0.29) is 23.7 Å². The van der Waals surface area contributed by atoms with Crippen molar-refractivity contribution in [3.63, 3.8) is 0 Å². The molecule has 3 aromatic rings. The normalized spacial score (nSPS) is 25.0. The first-order valence-electron chi connectivity index (χ1n) is 10.8. The lowest BCUT2D eigenvalue weighted by Gasteiger charge is -2.32. The van der Waals surface area contributed by atoms with Crippen molar-refractivity contribution in [1.29, 1.82) is 0 Å². The van der Waals surface area contributed by atoms with Crippen molar-refractivity contribution >= 4 is 17.5 Å². The summed E-state index contributed by atoms with van der Waals surface area (Å²) in [5.41, 5.74) is 4.91. The van der Waals surface area contributed by atoms with Crippen LogP contribution in [-0.2, 0) is 9.59 Å². The molecule has 5 rings (SSSR count). The van der Waals surface area contributed by atoms with Gasteiger partial charge >= 0.3 is 0 Å². The molecule has 1 aliphatic heterocycles. The quantitative estimate of drug-likeness (QED) is 0.422. The van der Waals surface area contributed by atoms with Crippen molar-refractivity contribution in [3.8, 4) is 0 Å². The van der Waals surface area contributed by atoms with E-state index in [0.29, 0.717) is 5.69 Å². The zero-order valence-corrected chi connectivity index (χ0v) is 17.7. The first-order chi connectivity index (χ1) is 15.1. The molecule has 0 bridgehead atoms. The third-order valence-electron chi connectivity index (χ3n) is 6.88. The molecule has 4 atom stereocenters. The smallest absolute Gasteiger partial charge is 0.238 e. The van der Waals surface area contributed by atoms with Crippen molar-refractivity contribution in [3.05, 3.63) is 113 Å². The number of amides is 2. The van der Waals surface area contributed by atoms with Crippen molar-refractivity contribution in [2.24, 2.45) is 11.8 Å². The van der Waals surface area contributed by atoms with E-state index in [2.05, 4.69) is 12.2 Å². The molecular formula is C28H25NO2. The number of hydrogen-bond donors (Lipinski definition) is 0. The van der Waals surface area contributed by atoms with Crippen LogP contribution in [0.25, 0.3) is 0 Å². The van der Waals surface area contributed by atoms with Gasteiger partial charge in [0.25, 0.3) is 0 Å². The fourth-order valence-electron chi connectivity index (χ4n) is 5.15. The average molecular weight is 408 g/mol. The fourth-order valence-corrected chi connectivity index (χ4v) is 5.15. The Balaban J connectivity index is 1.65. The van der Waals surface area contributed by atoms with Gasteiger partial charge in [0.05, 0.1) is 17.5 Å². The number of anilines is 1. The van der Waals surface area contributed by atoms with E-state index in [4.69, 9.17) is 0 Å². The number of carbonyl (C=O) groups excluding carboxylic acids is 2. The predicted molar refractivity (Wildman–Crippen MR) is 123 cm³/mol. The predicted octanol–water partition coefficient (Wildman–Crippen LogP) is 5.55. The monoisotopic (exact) mass is 407 g/mol. The lowest BCUT2D eigenvalue weighted by atomic mass is 9.68. The lowest BCUT2D eigenvalue weighted by Crippen LogP contribution is -2.32. The Kier molecular flexibility index (Phi) is 4.82. The van der Waals surface area contributed by atoms with Crippen LogP contribution in [0.4, 0.5) is 5.69 Å². The van der Waals surface area contributed by atoms with Gasteiger partial charge in [0, 0.05) is 11.8 Å². The third kappa shape index (κ3) is 3.12. The Morgan fingerprint density at radius 3 is 1.58 bits per heavy atom. The molecule has 0 unspecified atom stereocenters. The van der Waals surface area contributed by atoms with Crippen LogP contribution >= 0.6 is 0 Å². The van der Waals surface area contributed by atoms with E-state index in [9.17, 15) is 9.59 Å². The summed E-state index contributed by atoms with van der Waals surface area (Å²) in [5, 5.41) is 0. The van der Waals surface area contributed by atoms with Crippen molar-refractivity contribution in [2.75, 3.05) is 4.90 Å². The lowest BCUT2D eigenvalue weighted by molar-refractivity contribution is -0.122. The molecule has 154 valence electrons. The largest absolute Gasteiger partial charge is 0.274 e. The highest BCUT2D eigenvalue weighted by Crippen LogP contribution is 2.50. The number of aryl methyl sites for hydroxylation is 1. The van der Waals surface area contributed by atoms with Gasteiger partial charge < -0.3 is 0 Å². The van der Waals surface area contributed by atoms with Crippen LogP contribution in [0.5, 0.6) is 0 Å². The van der Waals surface area contributed by atoms with E-state index in [0.717, 1.165) is 22.3 Å². The molecule has 0 spiro atoms. The van der Waals surface area contributed by atoms with Crippen LogP contribution in [0.3, 0.4) is 0 Å². The molecule has 1 fully saturated rings. The summed E-state index contributed by atoms with van der Waals surface area (Å²) in [6, 6.07) is 25.9. The number of rotatable bonds is 3. The van der Waals surface area contributed by atoms with E-state index in [1.54, 1.807) is 0 Å². The maximum absolute atomic E-state index is 13.8. The number of hydrogen-bond acceptors (Lipinski definition) is 2. The Hall–Kier alpha value is -3.46. The zero-order valence-electron chi connectivity index (χ0n) is 17.7. The van der Waals surface area contributed by atoms with E-state index in [1.807, 2.05) is 92.7 Å². The highest BCUT2D eigenvalue weighted by molar-refractivity contribution is 6.23. The van der Waals surface area contributed by atoms with Crippen LogP contribution in [-0.4, -0.2) is 11.8 Å². The van der Waals surface area contributed by atoms with E-state index < -0.39 is 11.8 Å². The van der Waals surface area contributed by atoms with Crippen LogP contribution < -0.4 is 4.90 Å². The second kappa shape index (κ2) is 7.66. The maximum Gasteiger partial charge on any atom is 0.238 e. The topological polar surface area (TPSA) is 37.4 Å². The van der Waals surface area contributed by atoms with Crippen molar-refractivity contribution in [2.45, 2.75) is 25.7 Å². The van der Waals surface area contributed by atoms with Crippen molar-refractivity contribution < 1.29 is 9.59 Å². The maximum atomic E-state index is 13.8. The molecule has 3 nitrogen and oxygen atoms in total. The summed E-state index contributed by atoms with van der Waals surface area (Å²) in [5.74, 6) is -1.24. The van der Waals surface area contributed by atoms with Gasteiger partial charge in [-0.2, -0.15) is 0 Å². The molecular weight excluding hydrogens is 382 g/mol. The van der Waals surface area contributed by atoms with Gasteiger partial charge in [-0.25, -0.2) is 4.90 Å². The minimum Gasteiger partial charge on any atom is -0.274 e. The van der Waals surface area contributed by atoms with Gasteiger partial charge in [-0.3, -0.25) is 9.59 Å². The summed E-state index contributed by atoms with van der Waals surface area (Å²) in [7, 11) is 0. The first-order valence-corrected chi connectivity index (χ1v) is 10.8. The molecule has 3 heteroatoms. The fraction of sp³-hybridized carbons (Fsp3) is 0.214. The van der Waals surface area contributed by atoms with Gasteiger partial charge in [0.1, 0.15) is 0 Å². The van der Waals surface area contributed by atoms with Gasteiger partial charge in [0.15, 0.2) is 0 Å². The van der Waals surface area contributed by atoms with Crippen LogP contribution in [0, 0.1) is 25.7 Å². The molecule has 1 heterocycles. The third-order valence-corrected chi connectivity index (χ3v) is 6.88. The van der Waals surface area contributed by atoms with Crippen LogP contribution in [0.1, 0.15) is 34.1 Å². The van der Waals surface area contributed by atoms with Crippen LogP contribution in [0.15, 0.2) is 91.0 Å². The zero-order chi connectivity index (χ0) is 21.5. The Morgan fingerprint density at radius 1 is 0.613 bits per heavy atom. The van der Waals surface area contributed by atoms with E-state index in [1.165, 1.54) is 4.90 Å². The Bertz CT molecular complexity index is 1100. The van der Waals surface area contributed by atoms with E-state index >= 15 is 0 Å². The van der Waals surface area contributed by atoms with Gasteiger partial charge in [-0.15, -0.1) is 0 Å². The number of imide groups is 1. The minimum absolute atomic E-state index is 0.0946. The number of allylic oxidation sites excluding steroid dienone is 2. The molecule has 2 aliphatic rings. The highest BCUT2D eigenvalue weighted by Gasteiger charge is 2.55. The van der Waals surface area contributed by atoms with Crippen LogP contribution in [0.2, 0.25) is 0 Å². The molecule has 2 amide bonds. The first kappa shape index (κ1) is 19.5. The highest BCUT2D eigenvalue weighted by atomic mass is 16.2. The standard InChI is InChI=1S/C28H25NO2/c1-18-10-9-15-24(19(18)2)29-27(30)25-22(20-11-5-3-6-12-20)16-17-23(26(25)28(29)31)21-13-7-4-8-14-21/h3-17,22-23,25-26H,1-2H3/t22-,23+,25-,26-/m1/s1. The summed E-state index contributed by atoms with van der Waals surface area (Å²) < 4.78 is 0. The summed E-state index contributed by atoms with van der Waals surface area (Å²) in [4.78, 5) is 29.1. The second-order valence-corrected chi connectivity index (χ2v) is 8.54. The summed E-state index contributed by atoms with van der Waals surface area (Å²) in [6.45, 7) is 3.99. The number of benzene rings is 3. The molecule has 1 saturated heterocycles. The summed E-state index contributed by atoms with van der Waals surface area (Å²) >= 11 is 0. The number of carbonyl (C=O) groups is 2. The minimum atomic E-state index is -0.412. The molecule has 0 N–H and O–H groups in total. The molecule has 0 aromatic heterocycles. The van der Waals surface area contributed by atoms with Crippen molar-refractivity contribution in [1.82, 2.24) is 0 Å². The molecule has 1 aliphatic carbocycles. The van der Waals surface area contributed by atoms with Gasteiger partial charge in [-0.05, 0) is 42.2 Å². The second-order valence-electron chi connectivity index (χ2n) is 8.54. The molecule has 0 radical (unpaired) electrons. The number of fused-ring (bicyclic) bond motifs is 1. The Morgan fingerprint density at radius 2 is 1.10 bits per heavy atom. The van der Waals surface area contributed by atoms with Gasteiger partial charge in [0.2, 0.25) is 11.8 Å². The summed E-state index contributed by atoms with van der Waals surface area (Å²) in [6.07, 6.45) is 4.26. The Labute approximate surface area is 183 Å². The molecule has 0 saturated carbocycles. The number of nitrogens with zero attached hydrogens (tertiary/aromatic N) is 1. The SMILES string of the molecule is Cc1cccc(N2C(=O)[C@H]3[C@H](C2=O)[C@H](c2ccccc2)C=C[C@@H]3c2ccccc2)c1C. The average Bonchev–Trinajstić information content (AvgIpc) is 3.07. The molecule has 31 heavy (non-hydrogen) atoms. The molecule has 3 aromatic carbocycles.